The van der Waals surface area contributed by atoms with Crippen molar-refractivity contribution in [2.24, 2.45) is 0 Å². The Kier molecular flexibility index (Phi) is 6.09. The van der Waals surface area contributed by atoms with Crippen molar-refractivity contribution in [2.75, 3.05) is 16.4 Å². The third-order valence-electron chi connectivity index (χ3n) is 3.51. The number of thiophene rings is 1. The van der Waals surface area contributed by atoms with Crippen LogP contribution in [-0.2, 0) is 4.79 Å². The topological polar surface area (TPSA) is 58.2 Å². The highest BCUT2D eigenvalue weighted by Crippen LogP contribution is 2.23. The van der Waals surface area contributed by atoms with Gasteiger partial charge in [0.15, 0.2) is 0 Å². The maximum absolute atomic E-state index is 12.1. The van der Waals surface area contributed by atoms with Gasteiger partial charge in [0, 0.05) is 16.3 Å². The number of amides is 2. The highest BCUT2D eigenvalue weighted by atomic mass is 32.2. The molecule has 0 saturated carbocycles. The Bertz CT molecular complexity index is 908. The van der Waals surface area contributed by atoms with Gasteiger partial charge >= 0.3 is 0 Å². The molecule has 0 aliphatic rings. The van der Waals surface area contributed by atoms with E-state index >= 15 is 0 Å². The van der Waals surface area contributed by atoms with Gasteiger partial charge in [-0.05, 0) is 54.3 Å². The zero-order chi connectivity index (χ0) is 18.4. The summed E-state index contributed by atoms with van der Waals surface area (Å²) < 4.78 is 0. The van der Waals surface area contributed by atoms with Crippen molar-refractivity contribution in [3.05, 3.63) is 76.5 Å². The molecule has 4 nitrogen and oxygen atoms in total. The fourth-order valence-electron chi connectivity index (χ4n) is 2.33. The molecule has 2 amide bonds. The quantitative estimate of drug-likeness (QED) is 0.587. The number of nitrogens with one attached hydrogen (secondary N) is 2. The van der Waals surface area contributed by atoms with Crippen molar-refractivity contribution in [3.8, 4) is 0 Å². The molecule has 0 unspecified atom stereocenters. The van der Waals surface area contributed by atoms with Gasteiger partial charge in [-0.1, -0.05) is 24.3 Å². The minimum Gasteiger partial charge on any atom is -0.325 e. The Balaban J connectivity index is 1.55. The molecule has 0 bridgehead atoms. The highest BCUT2D eigenvalue weighted by Gasteiger charge is 2.08. The van der Waals surface area contributed by atoms with Crippen LogP contribution in [0.3, 0.4) is 0 Å². The zero-order valence-electron chi connectivity index (χ0n) is 14.2. The molecule has 0 atom stereocenters. The molecule has 3 aromatic rings. The van der Waals surface area contributed by atoms with Gasteiger partial charge in [0.25, 0.3) is 5.91 Å². The first-order valence-corrected chi connectivity index (χ1v) is 9.91. The molecular weight excluding hydrogens is 364 g/mol. The van der Waals surface area contributed by atoms with Crippen LogP contribution in [-0.4, -0.2) is 17.6 Å². The second-order valence-electron chi connectivity index (χ2n) is 5.67. The number of thioether (sulfide) groups is 1. The Hall–Kier alpha value is -2.57. The summed E-state index contributed by atoms with van der Waals surface area (Å²) in [5.74, 6) is 0.115. The summed E-state index contributed by atoms with van der Waals surface area (Å²) in [7, 11) is 0. The first-order chi connectivity index (χ1) is 12.6. The highest BCUT2D eigenvalue weighted by molar-refractivity contribution is 8.00. The Morgan fingerprint density at radius 1 is 0.962 bits per heavy atom. The molecular formula is C20H18N2O2S2. The van der Waals surface area contributed by atoms with E-state index < -0.39 is 0 Å². The van der Waals surface area contributed by atoms with Gasteiger partial charge in [-0.3, -0.25) is 9.59 Å². The summed E-state index contributed by atoms with van der Waals surface area (Å²) in [6.07, 6.45) is 0. The fourth-order valence-corrected chi connectivity index (χ4v) is 3.71. The first kappa shape index (κ1) is 18.2. The van der Waals surface area contributed by atoms with E-state index in [9.17, 15) is 9.59 Å². The molecule has 3 rings (SSSR count). The van der Waals surface area contributed by atoms with Crippen LogP contribution in [0.15, 0.2) is 70.9 Å². The molecule has 0 saturated heterocycles. The standard InChI is InChI=1S/C20H18N2O2S2/c1-14-5-2-6-15(11-14)21-19(23)13-26-17-8-3-7-16(12-17)22-20(24)18-9-4-10-25-18/h2-12H,13H2,1H3,(H,21,23)(H,22,24). The van der Waals surface area contributed by atoms with E-state index in [1.165, 1.54) is 23.1 Å². The summed E-state index contributed by atoms with van der Waals surface area (Å²) in [5.41, 5.74) is 2.62. The number of aryl methyl sites for hydroxylation is 1. The third kappa shape index (κ3) is 5.21. The molecule has 1 aromatic heterocycles. The number of rotatable bonds is 6. The zero-order valence-corrected chi connectivity index (χ0v) is 15.8. The van der Waals surface area contributed by atoms with Gasteiger partial charge in [0.2, 0.25) is 5.91 Å². The van der Waals surface area contributed by atoms with E-state index in [1.807, 2.05) is 66.9 Å². The molecule has 0 spiro atoms. The maximum atomic E-state index is 12.1. The van der Waals surface area contributed by atoms with E-state index in [0.717, 1.165) is 16.1 Å². The summed E-state index contributed by atoms with van der Waals surface area (Å²) >= 11 is 2.83. The molecule has 0 fully saturated rings. The van der Waals surface area contributed by atoms with Crippen LogP contribution in [0.25, 0.3) is 0 Å². The summed E-state index contributed by atoms with van der Waals surface area (Å²) in [6, 6.07) is 18.8. The Labute approximate surface area is 160 Å². The SMILES string of the molecule is Cc1cccc(NC(=O)CSc2cccc(NC(=O)c3cccs3)c2)c1. The number of carbonyl (C=O) groups is 2. The van der Waals surface area contributed by atoms with Gasteiger partial charge in [-0.2, -0.15) is 0 Å². The van der Waals surface area contributed by atoms with Crippen LogP contribution in [0.2, 0.25) is 0 Å². The minimum atomic E-state index is -0.126. The van der Waals surface area contributed by atoms with Gasteiger partial charge in [-0.15, -0.1) is 23.1 Å². The molecule has 0 aliphatic heterocycles. The van der Waals surface area contributed by atoms with Crippen molar-refractivity contribution in [1.82, 2.24) is 0 Å². The molecule has 2 aromatic carbocycles. The van der Waals surface area contributed by atoms with Crippen LogP contribution >= 0.6 is 23.1 Å². The Morgan fingerprint density at radius 2 is 1.73 bits per heavy atom. The predicted octanol–water partition coefficient (Wildman–Crippen LogP) is 5.04. The molecule has 6 heteroatoms. The molecule has 26 heavy (non-hydrogen) atoms. The number of carbonyl (C=O) groups excluding carboxylic acids is 2. The molecule has 132 valence electrons. The van der Waals surface area contributed by atoms with Crippen molar-refractivity contribution >= 4 is 46.3 Å². The van der Waals surface area contributed by atoms with Gasteiger partial charge in [-0.25, -0.2) is 0 Å². The van der Waals surface area contributed by atoms with Crippen molar-refractivity contribution in [2.45, 2.75) is 11.8 Å². The monoisotopic (exact) mass is 382 g/mol. The van der Waals surface area contributed by atoms with E-state index in [1.54, 1.807) is 6.07 Å². The summed E-state index contributed by atoms with van der Waals surface area (Å²) in [5, 5.41) is 7.64. The lowest BCUT2D eigenvalue weighted by Crippen LogP contribution is -2.14. The first-order valence-electron chi connectivity index (χ1n) is 8.04. The largest absolute Gasteiger partial charge is 0.325 e. The van der Waals surface area contributed by atoms with Crippen LogP contribution in [0.4, 0.5) is 11.4 Å². The van der Waals surface area contributed by atoms with Crippen LogP contribution in [0, 0.1) is 6.92 Å². The lowest BCUT2D eigenvalue weighted by Gasteiger charge is -2.08. The number of benzene rings is 2. The average Bonchev–Trinajstić information content (AvgIpc) is 3.15. The fraction of sp³-hybridized carbons (Fsp3) is 0.100. The van der Waals surface area contributed by atoms with Gasteiger partial charge < -0.3 is 10.6 Å². The molecule has 2 N–H and O–H groups in total. The van der Waals surface area contributed by atoms with Crippen LogP contribution in [0.1, 0.15) is 15.2 Å². The third-order valence-corrected chi connectivity index (χ3v) is 5.37. The van der Waals surface area contributed by atoms with Crippen LogP contribution < -0.4 is 10.6 Å². The van der Waals surface area contributed by atoms with Gasteiger partial charge in [0.05, 0.1) is 10.6 Å². The smallest absolute Gasteiger partial charge is 0.265 e. The second kappa shape index (κ2) is 8.69. The summed E-state index contributed by atoms with van der Waals surface area (Å²) in [4.78, 5) is 25.8. The van der Waals surface area contributed by atoms with Crippen molar-refractivity contribution < 1.29 is 9.59 Å². The van der Waals surface area contributed by atoms with E-state index in [-0.39, 0.29) is 11.8 Å². The van der Waals surface area contributed by atoms with Crippen molar-refractivity contribution in [3.63, 3.8) is 0 Å². The van der Waals surface area contributed by atoms with E-state index in [0.29, 0.717) is 16.3 Å². The maximum Gasteiger partial charge on any atom is 0.265 e. The number of hydrogen-bond donors (Lipinski definition) is 2. The van der Waals surface area contributed by atoms with Crippen LogP contribution in [0.5, 0.6) is 0 Å². The van der Waals surface area contributed by atoms with Gasteiger partial charge in [0.1, 0.15) is 0 Å². The number of anilines is 2. The molecule has 0 aliphatic carbocycles. The minimum absolute atomic E-state index is 0.0615. The second-order valence-corrected chi connectivity index (χ2v) is 7.66. The average molecular weight is 383 g/mol. The van der Waals surface area contributed by atoms with E-state index in [4.69, 9.17) is 0 Å². The number of hydrogen-bond acceptors (Lipinski definition) is 4. The summed E-state index contributed by atoms with van der Waals surface area (Å²) in [6.45, 7) is 1.99. The predicted molar refractivity (Wildman–Crippen MR) is 109 cm³/mol. The van der Waals surface area contributed by atoms with Crippen molar-refractivity contribution in [1.29, 1.82) is 0 Å². The lowest BCUT2D eigenvalue weighted by molar-refractivity contribution is -0.113. The molecule has 0 radical (unpaired) electrons. The Morgan fingerprint density at radius 3 is 2.46 bits per heavy atom. The van der Waals surface area contributed by atoms with E-state index in [2.05, 4.69) is 10.6 Å². The lowest BCUT2D eigenvalue weighted by atomic mass is 10.2. The molecule has 1 heterocycles. The normalized spacial score (nSPS) is 10.3.